The zero-order valence-electron chi connectivity index (χ0n) is 7.53. The van der Waals surface area contributed by atoms with Crippen LogP contribution in [0.2, 0.25) is 0 Å². The molecule has 0 saturated carbocycles. The molecule has 0 unspecified atom stereocenters. The van der Waals surface area contributed by atoms with Crippen molar-refractivity contribution in [3.05, 3.63) is 39.8 Å². The van der Waals surface area contributed by atoms with Gasteiger partial charge in [-0.05, 0) is 45.9 Å². The van der Waals surface area contributed by atoms with Crippen LogP contribution in [-0.4, -0.2) is 4.98 Å². The maximum Gasteiger partial charge on any atom is 0.116 e. The largest absolute Gasteiger partial charge is 0.248 e. The van der Waals surface area contributed by atoms with E-state index in [1.165, 1.54) is 9.77 Å². The number of rotatable bonds is 2. The quantitative estimate of drug-likeness (QED) is 0.813. The fourth-order valence-corrected chi connectivity index (χ4v) is 3.36. The molecule has 0 saturated heterocycles. The first-order valence-electron chi connectivity index (χ1n) is 4.09. The molecule has 2 heterocycles. The lowest BCUT2D eigenvalue weighted by Gasteiger charge is -2.01. The van der Waals surface area contributed by atoms with E-state index in [1.54, 1.807) is 23.1 Å². The Morgan fingerprint density at radius 3 is 3.00 bits per heavy atom. The molecule has 0 atom stereocenters. The van der Waals surface area contributed by atoms with Crippen LogP contribution in [0.4, 0.5) is 0 Å². The van der Waals surface area contributed by atoms with Crippen molar-refractivity contribution in [1.82, 2.24) is 4.98 Å². The van der Waals surface area contributed by atoms with E-state index >= 15 is 0 Å². The first-order valence-corrected chi connectivity index (χ1v) is 6.58. The summed E-state index contributed by atoms with van der Waals surface area (Å²) >= 11 is 6.94. The maximum atomic E-state index is 4.38. The molecule has 0 bridgehead atoms. The van der Waals surface area contributed by atoms with Gasteiger partial charge in [0.05, 0.1) is 8.68 Å². The summed E-state index contributed by atoms with van der Waals surface area (Å²) in [4.78, 5) is 4.38. The standard InChI is InChI=1S/C10H8BrNS2/c1-7-5-8(11)10(12-6-7)14-9-3-2-4-13-9/h2-6H,1H3. The smallest absolute Gasteiger partial charge is 0.116 e. The molecule has 14 heavy (non-hydrogen) atoms. The molecule has 0 aliphatic rings. The zero-order valence-corrected chi connectivity index (χ0v) is 10.7. The van der Waals surface area contributed by atoms with Crippen LogP contribution < -0.4 is 0 Å². The summed E-state index contributed by atoms with van der Waals surface area (Å²) in [6.07, 6.45) is 1.89. The number of halogens is 1. The third kappa shape index (κ3) is 2.38. The van der Waals surface area contributed by atoms with Gasteiger partial charge in [-0.25, -0.2) is 4.98 Å². The number of thiophene rings is 1. The average molecular weight is 286 g/mol. The van der Waals surface area contributed by atoms with E-state index in [0.717, 1.165) is 9.50 Å². The summed E-state index contributed by atoms with van der Waals surface area (Å²) in [7, 11) is 0. The predicted octanol–water partition coefficient (Wildman–Crippen LogP) is 4.37. The number of hydrogen-bond donors (Lipinski definition) is 0. The van der Waals surface area contributed by atoms with Crippen LogP contribution in [0.5, 0.6) is 0 Å². The third-order valence-electron chi connectivity index (χ3n) is 1.64. The zero-order chi connectivity index (χ0) is 9.97. The highest BCUT2D eigenvalue weighted by Crippen LogP contribution is 2.34. The summed E-state index contributed by atoms with van der Waals surface area (Å²) in [5.41, 5.74) is 1.17. The van der Waals surface area contributed by atoms with Gasteiger partial charge in [-0.1, -0.05) is 17.8 Å². The Kier molecular flexibility index (Phi) is 3.26. The first-order chi connectivity index (χ1) is 6.75. The molecule has 0 spiro atoms. The molecule has 2 rings (SSSR count). The van der Waals surface area contributed by atoms with E-state index in [2.05, 4.69) is 44.5 Å². The average Bonchev–Trinajstić information content (AvgIpc) is 2.62. The molecule has 2 aromatic heterocycles. The molecule has 0 fully saturated rings. The van der Waals surface area contributed by atoms with Gasteiger partial charge < -0.3 is 0 Å². The molecule has 0 aromatic carbocycles. The third-order valence-corrected chi connectivity index (χ3v) is 4.56. The number of aromatic nitrogens is 1. The Hall–Kier alpha value is -0.320. The van der Waals surface area contributed by atoms with Crippen molar-refractivity contribution in [2.75, 3.05) is 0 Å². The van der Waals surface area contributed by atoms with Gasteiger partial charge in [-0.15, -0.1) is 11.3 Å². The maximum absolute atomic E-state index is 4.38. The first kappa shape index (κ1) is 10.2. The Bertz CT molecular complexity index is 426. The van der Waals surface area contributed by atoms with Crippen LogP contribution in [-0.2, 0) is 0 Å². The molecule has 2 aromatic rings. The van der Waals surface area contributed by atoms with Crippen LogP contribution in [0.15, 0.2) is 43.5 Å². The second-order valence-electron chi connectivity index (χ2n) is 2.83. The topological polar surface area (TPSA) is 12.9 Å². The van der Waals surface area contributed by atoms with E-state index in [4.69, 9.17) is 0 Å². The molecular formula is C10H8BrNS2. The van der Waals surface area contributed by atoms with E-state index in [9.17, 15) is 0 Å². The van der Waals surface area contributed by atoms with Crippen molar-refractivity contribution in [3.63, 3.8) is 0 Å². The minimum Gasteiger partial charge on any atom is -0.248 e. The van der Waals surface area contributed by atoms with Crippen LogP contribution in [0.3, 0.4) is 0 Å². The summed E-state index contributed by atoms with van der Waals surface area (Å²) in [6.45, 7) is 2.04. The lowest BCUT2D eigenvalue weighted by molar-refractivity contribution is 1.09. The molecule has 0 radical (unpaired) electrons. The number of aryl methyl sites for hydroxylation is 1. The minimum absolute atomic E-state index is 1.03. The van der Waals surface area contributed by atoms with Crippen molar-refractivity contribution >= 4 is 39.0 Å². The molecular weight excluding hydrogens is 278 g/mol. The van der Waals surface area contributed by atoms with Crippen molar-refractivity contribution in [1.29, 1.82) is 0 Å². The molecule has 0 amide bonds. The highest BCUT2D eigenvalue weighted by molar-refractivity contribution is 9.10. The second kappa shape index (κ2) is 4.47. The second-order valence-corrected chi connectivity index (χ2v) is 5.92. The van der Waals surface area contributed by atoms with Crippen LogP contribution in [0, 0.1) is 6.92 Å². The van der Waals surface area contributed by atoms with Crippen molar-refractivity contribution < 1.29 is 0 Å². The van der Waals surface area contributed by atoms with Gasteiger partial charge in [-0.3, -0.25) is 0 Å². The molecule has 0 aliphatic heterocycles. The van der Waals surface area contributed by atoms with Gasteiger partial charge in [-0.2, -0.15) is 0 Å². The van der Waals surface area contributed by atoms with Gasteiger partial charge in [0.1, 0.15) is 5.03 Å². The Labute approximate surface area is 99.7 Å². The molecule has 72 valence electrons. The number of pyridine rings is 1. The van der Waals surface area contributed by atoms with Crippen LogP contribution >= 0.6 is 39.0 Å². The van der Waals surface area contributed by atoms with E-state index in [1.807, 2.05) is 13.1 Å². The molecule has 4 heteroatoms. The fourth-order valence-electron chi connectivity index (χ4n) is 1.01. The van der Waals surface area contributed by atoms with Crippen molar-refractivity contribution in [3.8, 4) is 0 Å². The predicted molar refractivity (Wildman–Crippen MR) is 65.1 cm³/mol. The van der Waals surface area contributed by atoms with Crippen molar-refractivity contribution in [2.24, 2.45) is 0 Å². The lowest BCUT2D eigenvalue weighted by atomic mass is 10.3. The monoisotopic (exact) mass is 285 g/mol. The van der Waals surface area contributed by atoms with E-state index < -0.39 is 0 Å². The molecule has 0 aliphatic carbocycles. The van der Waals surface area contributed by atoms with Gasteiger partial charge >= 0.3 is 0 Å². The normalized spacial score (nSPS) is 10.4. The summed E-state index contributed by atoms with van der Waals surface area (Å²) in [5.74, 6) is 0. The summed E-state index contributed by atoms with van der Waals surface area (Å²) < 4.78 is 2.33. The Morgan fingerprint density at radius 2 is 2.36 bits per heavy atom. The highest BCUT2D eigenvalue weighted by atomic mass is 79.9. The SMILES string of the molecule is Cc1cnc(Sc2cccs2)c(Br)c1. The van der Waals surface area contributed by atoms with Gasteiger partial charge in [0, 0.05) is 6.20 Å². The van der Waals surface area contributed by atoms with E-state index in [0.29, 0.717) is 0 Å². The molecule has 1 nitrogen and oxygen atoms in total. The lowest BCUT2D eigenvalue weighted by Crippen LogP contribution is -1.82. The van der Waals surface area contributed by atoms with Gasteiger partial charge in [0.25, 0.3) is 0 Å². The number of hydrogen-bond acceptors (Lipinski definition) is 3. The van der Waals surface area contributed by atoms with Gasteiger partial charge in [0.2, 0.25) is 0 Å². The van der Waals surface area contributed by atoms with Crippen LogP contribution in [0.1, 0.15) is 5.56 Å². The van der Waals surface area contributed by atoms with Gasteiger partial charge in [0.15, 0.2) is 0 Å². The summed E-state index contributed by atoms with van der Waals surface area (Å²) in [6, 6.07) is 6.24. The van der Waals surface area contributed by atoms with Crippen LogP contribution in [0.25, 0.3) is 0 Å². The number of nitrogens with zero attached hydrogens (tertiary/aromatic N) is 1. The summed E-state index contributed by atoms with van der Waals surface area (Å²) in [5, 5.41) is 3.10. The Balaban J connectivity index is 2.25. The molecule has 0 N–H and O–H groups in total. The minimum atomic E-state index is 1.03. The van der Waals surface area contributed by atoms with Crippen molar-refractivity contribution in [2.45, 2.75) is 16.2 Å². The van der Waals surface area contributed by atoms with E-state index in [-0.39, 0.29) is 0 Å². The Morgan fingerprint density at radius 1 is 1.50 bits per heavy atom. The highest BCUT2D eigenvalue weighted by Gasteiger charge is 2.04. The fraction of sp³-hybridized carbons (Fsp3) is 0.100.